The van der Waals surface area contributed by atoms with E-state index in [4.69, 9.17) is 4.74 Å². The lowest BCUT2D eigenvalue weighted by molar-refractivity contribution is -0.157. The zero-order valence-corrected chi connectivity index (χ0v) is 19.2. The number of halogens is 3. The second kappa shape index (κ2) is 8.64. The van der Waals surface area contributed by atoms with Crippen molar-refractivity contribution < 1.29 is 22.7 Å². The standard InChI is InChI=1S/C25H27F3N2O2S/c1-24(27,28)33-29-22-19(30(15-25(22)11-12-25)23(31)20-10-13-32-20)14-17-8-5-9-18(21(17)26)16-6-3-2-4-7-16/h2-9,19-20,22,29H,10-15H2,1H3. The summed E-state index contributed by atoms with van der Waals surface area (Å²) in [5, 5.41) is -2.95. The highest BCUT2D eigenvalue weighted by atomic mass is 32.2. The maximum Gasteiger partial charge on any atom is 0.304 e. The Morgan fingerprint density at radius 1 is 1.21 bits per heavy atom. The Labute approximate surface area is 196 Å². The maximum absolute atomic E-state index is 15.6. The highest BCUT2D eigenvalue weighted by Crippen LogP contribution is 2.56. The molecule has 3 fully saturated rings. The van der Waals surface area contributed by atoms with Gasteiger partial charge in [0.05, 0.1) is 12.6 Å². The van der Waals surface area contributed by atoms with Gasteiger partial charge in [-0.15, -0.1) is 0 Å². The summed E-state index contributed by atoms with van der Waals surface area (Å²) >= 11 is 0.387. The second-order valence-electron chi connectivity index (χ2n) is 9.40. The monoisotopic (exact) mass is 476 g/mol. The van der Waals surface area contributed by atoms with Crippen LogP contribution in [0.2, 0.25) is 0 Å². The number of carbonyl (C=O) groups is 1. The molecule has 2 heterocycles. The summed E-state index contributed by atoms with van der Waals surface area (Å²) in [5.74, 6) is -0.449. The summed E-state index contributed by atoms with van der Waals surface area (Å²) in [6, 6.07) is 13.8. The average molecular weight is 477 g/mol. The molecule has 0 radical (unpaired) electrons. The van der Waals surface area contributed by atoms with Crippen molar-refractivity contribution in [2.75, 3.05) is 13.2 Å². The van der Waals surface area contributed by atoms with Crippen molar-refractivity contribution in [3.05, 3.63) is 59.9 Å². The fourth-order valence-corrected chi connectivity index (χ4v) is 5.77. The van der Waals surface area contributed by atoms with E-state index >= 15 is 4.39 Å². The molecule has 8 heteroatoms. The molecule has 3 unspecified atom stereocenters. The van der Waals surface area contributed by atoms with Crippen LogP contribution in [0.15, 0.2) is 48.5 Å². The number of carbonyl (C=O) groups excluding carboxylic acids is 1. The van der Waals surface area contributed by atoms with Crippen molar-refractivity contribution in [3.63, 3.8) is 0 Å². The number of likely N-dealkylation sites (tertiary alicyclic amines) is 1. The molecule has 0 bridgehead atoms. The van der Waals surface area contributed by atoms with Gasteiger partial charge in [-0.1, -0.05) is 48.5 Å². The number of alkyl halides is 2. The number of ether oxygens (including phenoxy) is 1. The van der Waals surface area contributed by atoms with Gasteiger partial charge in [0.15, 0.2) is 0 Å². The lowest BCUT2D eigenvalue weighted by Crippen LogP contribution is -2.51. The first-order valence-electron chi connectivity index (χ1n) is 11.3. The van der Waals surface area contributed by atoms with Crippen LogP contribution >= 0.6 is 11.9 Å². The third-order valence-electron chi connectivity index (χ3n) is 7.04. The Morgan fingerprint density at radius 3 is 2.55 bits per heavy atom. The summed E-state index contributed by atoms with van der Waals surface area (Å²) in [4.78, 5) is 14.9. The molecule has 1 aliphatic carbocycles. The van der Waals surface area contributed by atoms with E-state index in [1.165, 1.54) is 0 Å². The summed E-state index contributed by atoms with van der Waals surface area (Å²) in [6.07, 6.45) is 2.15. The predicted molar refractivity (Wildman–Crippen MR) is 122 cm³/mol. The van der Waals surface area contributed by atoms with E-state index in [1.54, 1.807) is 23.1 Å². The Bertz CT molecular complexity index is 1020. The third kappa shape index (κ3) is 4.53. The highest BCUT2D eigenvalue weighted by Gasteiger charge is 2.61. The molecule has 5 rings (SSSR count). The topological polar surface area (TPSA) is 41.6 Å². The van der Waals surface area contributed by atoms with Gasteiger partial charge in [-0.25, -0.2) is 4.39 Å². The van der Waals surface area contributed by atoms with Gasteiger partial charge in [-0.3, -0.25) is 9.52 Å². The molecule has 2 aromatic rings. The fourth-order valence-electron chi connectivity index (χ4n) is 5.03. The summed E-state index contributed by atoms with van der Waals surface area (Å²) in [6.45, 7) is 1.89. The van der Waals surface area contributed by atoms with Crippen molar-refractivity contribution in [1.29, 1.82) is 0 Å². The van der Waals surface area contributed by atoms with Crippen molar-refractivity contribution in [3.8, 4) is 11.1 Å². The van der Waals surface area contributed by atoms with Crippen molar-refractivity contribution in [2.24, 2.45) is 5.41 Å². The van der Waals surface area contributed by atoms with E-state index in [9.17, 15) is 13.6 Å². The Balaban J connectivity index is 1.46. The molecule has 2 aromatic carbocycles. The van der Waals surface area contributed by atoms with E-state index in [1.807, 2.05) is 30.3 Å². The molecule has 33 heavy (non-hydrogen) atoms. The number of hydrogen-bond acceptors (Lipinski definition) is 4. The minimum absolute atomic E-state index is 0.116. The molecule has 1 saturated carbocycles. The minimum Gasteiger partial charge on any atom is -0.368 e. The zero-order chi connectivity index (χ0) is 23.2. The van der Waals surface area contributed by atoms with Gasteiger partial charge in [-0.05, 0) is 42.3 Å². The molecule has 1 N–H and O–H groups in total. The molecule has 2 aliphatic heterocycles. The zero-order valence-electron chi connectivity index (χ0n) is 18.4. The van der Waals surface area contributed by atoms with Crippen molar-refractivity contribution >= 4 is 17.9 Å². The van der Waals surface area contributed by atoms with Crippen LogP contribution in [0.25, 0.3) is 11.1 Å². The van der Waals surface area contributed by atoms with Crippen LogP contribution in [-0.4, -0.2) is 47.4 Å². The van der Waals surface area contributed by atoms with E-state index < -0.39 is 17.4 Å². The lowest BCUT2D eigenvalue weighted by Gasteiger charge is -2.34. The number of amides is 1. The molecule has 176 valence electrons. The Kier molecular flexibility index (Phi) is 5.95. The van der Waals surface area contributed by atoms with Gasteiger partial charge in [0.1, 0.15) is 11.9 Å². The summed E-state index contributed by atoms with van der Waals surface area (Å²) in [7, 11) is 0. The van der Waals surface area contributed by atoms with Crippen molar-refractivity contribution in [1.82, 2.24) is 9.62 Å². The molecule has 0 aromatic heterocycles. The van der Waals surface area contributed by atoms with Crippen LogP contribution in [0.1, 0.15) is 31.7 Å². The molecule has 3 aliphatic rings. The highest BCUT2D eigenvalue weighted by molar-refractivity contribution is 7.98. The second-order valence-corrected chi connectivity index (χ2v) is 10.6. The quantitative estimate of drug-likeness (QED) is 0.569. The van der Waals surface area contributed by atoms with Gasteiger partial charge in [0.25, 0.3) is 5.91 Å². The number of benzene rings is 2. The lowest BCUT2D eigenvalue weighted by atomic mass is 9.91. The van der Waals surface area contributed by atoms with Crippen LogP contribution in [0, 0.1) is 11.2 Å². The molecule has 2 saturated heterocycles. The van der Waals surface area contributed by atoms with Crippen LogP contribution in [0.3, 0.4) is 0 Å². The van der Waals surface area contributed by atoms with Crippen LogP contribution in [-0.2, 0) is 16.0 Å². The average Bonchev–Trinajstić information content (AvgIpc) is 3.44. The van der Waals surface area contributed by atoms with Crippen molar-refractivity contribution in [2.45, 2.75) is 56.0 Å². The van der Waals surface area contributed by atoms with Crippen LogP contribution in [0.5, 0.6) is 0 Å². The number of hydrogen-bond donors (Lipinski definition) is 1. The molecule has 1 amide bonds. The first kappa shape index (κ1) is 22.7. The normalized spacial score (nSPS) is 25.8. The number of nitrogens with zero attached hydrogens (tertiary/aromatic N) is 1. The molecular weight excluding hydrogens is 449 g/mol. The minimum atomic E-state index is -2.95. The van der Waals surface area contributed by atoms with Gasteiger partial charge in [0.2, 0.25) is 0 Å². The molecule has 4 nitrogen and oxygen atoms in total. The summed E-state index contributed by atoms with van der Waals surface area (Å²) < 4.78 is 51.4. The van der Waals surface area contributed by atoms with E-state index in [0.29, 0.717) is 42.6 Å². The fraction of sp³-hybridized carbons (Fsp3) is 0.480. The number of nitrogens with one attached hydrogen (secondary N) is 1. The molecular formula is C25H27F3N2O2S. The Hall–Kier alpha value is -2.03. The van der Waals surface area contributed by atoms with Gasteiger partial charge in [-0.2, -0.15) is 8.78 Å². The van der Waals surface area contributed by atoms with Gasteiger partial charge < -0.3 is 9.64 Å². The third-order valence-corrected chi connectivity index (χ3v) is 7.77. The van der Waals surface area contributed by atoms with Gasteiger partial charge in [0, 0.05) is 36.9 Å². The van der Waals surface area contributed by atoms with E-state index in [0.717, 1.165) is 25.3 Å². The van der Waals surface area contributed by atoms with Gasteiger partial charge >= 0.3 is 5.25 Å². The SMILES string of the molecule is CC(F)(F)SNC1C(Cc2cccc(-c3ccccc3)c2F)N(C(=O)C2CCO2)CC12CC2. The summed E-state index contributed by atoms with van der Waals surface area (Å²) in [5.41, 5.74) is 1.50. The first-order valence-corrected chi connectivity index (χ1v) is 12.2. The predicted octanol–water partition coefficient (Wildman–Crippen LogP) is 5.03. The van der Waals surface area contributed by atoms with Crippen LogP contribution < -0.4 is 4.72 Å². The smallest absolute Gasteiger partial charge is 0.304 e. The largest absolute Gasteiger partial charge is 0.368 e. The first-order chi connectivity index (χ1) is 15.8. The molecule has 1 spiro atoms. The number of rotatable bonds is 7. The van der Waals surface area contributed by atoms with E-state index in [2.05, 4.69) is 4.72 Å². The molecule has 3 atom stereocenters. The van der Waals surface area contributed by atoms with E-state index in [-0.39, 0.29) is 29.6 Å². The maximum atomic E-state index is 15.6. The van der Waals surface area contributed by atoms with Crippen LogP contribution in [0.4, 0.5) is 13.2 Å². The Morgan fingerprint density at radius 2 is 1.94 bits per heavy atom.